The Kier molecular flexibility index (Phi) is 5.94. The van der Waals surface area contributed by atoms with E-state index in [2.05, 4.69) is 20.2 Å². The van der Waals surface area contributed by atoms with Crippen molar-refractivity contribution in [2.24, 2.45) is 0 Å². The van der Waals surface area contributed by atoms with E-state index in [9.17, 15) is 18.5 Å². The van der Waals surface area contributed by atoms with Gasteiger partial charge in [-0.1, -0.05) is 23.8 Å². The molecule has 0 radical (unpaired) electrons. The smallest absolute Gasteiger partial charge is 0.374 e. The monoisotopic (exact) mass is 429 g/mol. The van der Waals surface area contributed by atoms with Gasteiger partial charge < -0.3 is 4.74 Å². The van der Waals surface area contributed by atoms with E-state index < -0.39 is 20.6 Å². The Morgan fingerprint density at radius 1 is 1.00 bits per heavy atom. The number of hydrazine groups is 1. The minimum atomic E-state index is -3.98. The molecule has 0 saturated heterocycles. The van der Waals surface area contributed by atoms with Gasteiger partial charge in [0.25, 0.3) is 10.0 Å². The maximum absolute atomic E-state index is 12.4. The van der Waals surface area contributed by atoms with Gasteiger partial charge in [0.05, 0.1) is 9.82 Å². The molecule has 0 fully saturated rings. The molecular formula is C19H19N5O5S. The zero-order valence-electron chi connectivity index (χ0n) is 16.4. The molecule has 1 aromatic heterocycles. The highest BCUT2D eigenvalue weighted by atomic mass is 32.2. The number of nitrogens with zero attached hydrogens (tertiary/aromatic N) is 3. The number of nitro groups is 1. The van der Waals surface area contributed by atoms with Crippen LogP contribution in [0.4, 0.5) is 11.5 Å². The first-order valence-corrected chi connectivity index (χ1v) is 10.2. The molecule has 30 heavy (non-hydrogen) atoms. The lowest BCUT2D eigenvalue weighted by Crippen LogP contribution is -2.30. The van der Waals surface area contributed by atoms with E-state index in [4.69, 9.17) is 4.74 Å². The van der Waals surface area contributed by atoms with Crippen molar-refractivity contribution in [2.45, 2.75) is 25.7 Å². The van der Waals surface area contributed by atoms with Crippen molar-refractivity contribution in [3.8, 4) is 11.6 Å². The zero-order valence-corrected chi connectivity index (χ0v) is 17.2. The number of rotatable bonds is 7. The highest BCUT2D eigenvalue weighted by Gasteiger charge is 2.26. The van der Waals surface area contributed by atoms with Gasteiger partial charge in [0.1, 0.15) is 12.1 Å². The van der Waals surface area contributed by atoms with Crippen LogP contribution in [0.5, 0.6) is 11.6 Å². The van der Waals surface area contributed by atoms with Crippen LogP contribution in [0.1, 0.15) is 16.7 Å². The van der Waals surface area contributed by atoms with Crippen LogP contribution in [0, 0.1) is 30.9 Å². The number of anilines is 1. The molecule has 0 saturated carbocycles. The maximum Gasteiger partial charge on any atom is 0.374 e. The van der Waals surface area contributed by atoms with Crippen LogP contribution >= 0.6 is 0 Å². The van der Waals surface area contributed by atoms with Crippen LogP contribution in [-0.2, 0) is 10.0 Å². The summed E-state index contributed by atoms with van der Waals surface area (Å²) in [5.41, 5.74) is 4.54. The molecule has 0 aliphatic carbocycles. The normalized spacial score (nSPS) is 11.2. The number of benzene rings is 2. The van der Waals surface area contributed by atoms with Crippen molar-refractivity contribution in [1.29, 1.82) is 0 Å². The van der Waals surface area contributed by atoms with Crippen LogP contribution in [0.3, 0.4) is 0 Å². The molecule has 3 aromatic rings. The summed E-state index contributed by atoms with van der Waals surface area (Å²) < 4.78 is 30.4. The van der Waals surface area contributed by atoms with Gasteiger partial charge in [-0.05, 0) is 56.2 Å². The van der Waals surface area contributed by atoms with Crippen LogP contribution < -0.4 is 15.0 Å². The largest absolute Gasteiger partial charge is 0.434 e. The van der Waals surface area contributed by atoms with Crippen molar-refractivity contribution in [1.82, 2.24) is 14.8 Å². The molecule has 1 heterocycles. The van der Waals surface area contributed by atoms with Gasteiger partial charge in [0.2, 0.25) is 5.82 Å². The summed E-state index contributed by atoms with van der Waals surface area (Å²) in [7, 11) is -3.98. The Balaban J connectivity index is 1.88. The zero-order chi connectivity index (χ0) is 21.9. The van der Waals surface area contributed by atoms with Crippen molar-refractivity contribution in [2.75, 3.05) is 5.43 Å². The Morgan fingerprint density at radius 3 is 2.33 bits per heavy atom. The minimum absolute atomic E-state index is 0.0103. The van der Waals surface area contributed by atoms with E-state index >= 15 is 0 Å². The quantitative estimate of drug-likeness (QED) is 0.431. The molecule has 156 valence electrons. The first-order valence-electron chi connectivity index (χ1n) is 8.76. The highest BCUT2D eigenvalue weighted by molar-refractivity contribution is 7.89. The van der Waals surface area contributed by atoms with Crippen molar-refractivity contribution in [3.05, 3.63) is 75.6 Å². The standard InChI is InChI=1S/C19H19N5O5S/c1-12-4-8-16(9-5-12)30(27,28)23-22-18-17(24(25)26)19(21-11-20-18)29-15-7-6-13(2)14(3)10-15/h4-11,23H,1-3H3,(H,20,21,22). The minimum Gasteiger partial charge on any atom is -0.434 e. The molecule has 10 nitrogen and oxygen atoms in total. The number of aryl methyl sites for hydroxylation is 3. The molecule has 0 bridgehead atoms. The predicted octanol–water partition coefficient (Wildman–Crippen LogP) is 3.41. The number of nitrogens with one attached hydrogen (secondary N) is 2. The second kappa shape index (κ2) is 8.43. The molecule has 3 rings (SSSR count). The van der Waals surface area contributed by atoms with Gasteiger partial charge in [0, 0.05) is 0 Å². The first kappa shape index (κ1) is 21.1. The molecule has 0 amide bonds. The van der Waals surface area contributed by atoms with E-state index in [0.717, 1.165) is 23.0 Å². The molecule has 0 aliphatic heterocycles. The van der Waals surface area contributed by atoms with Gasteiger partial charge in [0.15, 0.2) is 0 Å². The fraction of sp³-hybridized carbons (Fsp3) is 0.158. The highest BCUT2D eigenvalue weighted by Crippen LogP contribution is 2.34. The predicted molar refractivity (Wildman–Crippen MR) is 110 cm³/mol. The summed E-state index contributed by atoms with van der Waals surface area (Å²) in [5, 5.41) is 11.6. The summed E-state index contributed by atoms with van der Waals surface area (Å²) >= 11 is 0. The van der Waals surface area contributed by atoms with Crippen LogP contribution in [0.25, 0.3) is 0 Å². The third-order valence-corrected chi connectivity index (χ3v) is 5.56. The van der Waals surface area contributed by atoms with E-state index in [-0.39, 0.29) is 16.6 Å². The van der Waals surface area contributed by atoms with Gasteiger partial charge in [-0.3, -0.25) is 15.5 Å². The molecule has 0 unspecified atom stereocenters. The van der Waals surface area contributed by atoms with E-state index in [0.29, 0.717) is 5.75 Å². The lowest BCUT2D eigenvalue weighted by atomic mass is 10.1. The second-order valence-corrected chi connectivity index (χ2v) is 8.21. The van der Waals surface area contributed by atoms with E-state index in [1.807, 2.05) is 26.8 Å². The summed E-state index contributed by atoms with van der Waals surface area (Å²) in [4.78, 5) is 20.5. The first-order chi connectivity index (χ1) is 14.2. The average Bonchev–Trinajstić information content (AvgIpc) is 2.69. The molecule has 0 spiro atoms. The summed E-state index contributed by atoms with van der Waals surface area (Å²) in [6.07, 6.45) is 1.03. The third-order valence-electron chi connectivity index (χ3n) is 4.30. The number of aromatic nitrogens is 2. The summed E-state index contributed by atoms with van der Waals surface area (Å²) in [5.74, 6) is -0.328. The summed E-state index contributed by atoms with van der Waals surface area (Å²) in [6, 6.07) is 11.3. The molecule has 2 aromatic carbocycles. The Morgan fingerprint density at radius 2 is 1.70 bits per heavy atom. The van der Waals surface area contributed by atoms with Gasteiger partial charge >= 0.3 is 11.6 Å². The molecule has 0 atom stereocenters. The number of hydrogen-bond donors (Lipinski definition) is 2. The SMILES string of the molecule is Cc1ccc(S(=O)(=O)NNc2ncnc(Oc3ccc(C)c(C)c3)c2[N+](=O)[O-])cc1. The lowest BCUT2D eigenvalue weighted by Gasteiger charge is -2.11. The van der Waals surface area contributed by atoms with Crippen molar-refractivity contribution >= 4 is 21.5 Å². The van der Waals surface area contributed by atoms with Gasteiger partial charge in [-0.2, -0.15) is 4.98 Å². The fourth-order valence-electron chi connectivity index (χ4n) is 2.47. The molecule has 0 aliphatic rings. The van der Waals surface area contributed by atoms with Crippen molar-refractivity contribution < 1.29 is 18.1 Å². The van der Waals surface area contributed by atoms with Gasteiger partial charge in [-0.25, -0.2) is 13.4 Å². The number of ether oxygens (including phenoxy) is 1. The van der Waals surface area contributed by atoms with Crippen LogP contribution in [0.15, 0.2) is 53.7 Å². The Hall–Kier alpha value is -3.57. The van der Waals surface area contributed by atoms with Gasteiger partial charge in [-0.15, -0.1) is 4.83 Å². The van der Waals surface area contributed by atoms with E-state index in [1.165, 1.54) is 12.1 Å². The second-order valence-electron chi connectivity index (χ2n) is 6.52. The fourth-order valence-corrected chi connectivity index (χ4v) is 3.32. The average molecular weight is 429 g/mol. The molecular weight excluding hydrogens is 410 g/mol. The summed E-state index contributed by atoms with van der Waals surface area (Å²) in [6.45, 7) is 5.63. The molecule has 2 N–H and O–H groups in total. The maximum atomic E-state index is 12.4. The topological polar surface area (TPSA) is 136 Å². The van der Waals surface area contributed by atoms with Crippen LogP contribution in [0.2, 0.25) is 0 Å². The Labute approximate surface area is 173 Å². The Bertz CT molecular complexity index is 1200. The van der Waals surface area contributed by atoms with E-state index in [1.54, 1.807) is 24.3 Å². The van der Waals surface area contributed by atoms with Crippen molar-refractivity contribution in [3.63, 3.8) is 0 Å². The third kappa shape index (κ3) is 4.70. The molecule has 11 heteroatoms. The number of hydrogen-bond acceptors (Lipinski definition) is 8. The van der Waals surface area contributed by atoms with Crippen LogP contribution in [-0.4, -0.2) is 23.3 Å². The lowest BCUT2D eigenvalue weighted by molar-refractivity contribution is -0.385. The number of sulfonamides is 1.